The van der Waals surface area contributed by atoms with E-state index < -0.39 is 0 Å². The molecule has 2 aromatic rings. The van der Waals surface area contributed by atoms with Gasteiger partial charge in [0.15, 0.2) is 0 Å². The van der Waals surface area contributed by atoms with Crippen LogP contribution in [0.25, 0.3) is 0 Å². The van der Waals surface area contributed by atoms with Crippen LogP contribution in [0.1, 0.15) is 17.3 Å². The van der Waals surface area contributed by atoms with Gasteiger partial charge >= 0.3 is 0 Å². The Morgan fingerprint density at radius 3 is 3.00 bits per heavy atom. The lowest BCUT2D eigenvalue weighted by Crippen LogP contribution is -2.13. The molecule has 2 rings (SSSR count). The van der Waals surface area contributed by atoms with Crippen LogP contribution in [0.15, 0.2) is 24.7 Å². The van der Waals surface area contributed by atoms with E-state index in [1.165, 1.54) is 0 Å². The predicted molar refractivity (Wildman–Crippen MR) is 59.8 cm³/mol. The van der Waals surface area contributed by atoms with Crippen LogP contribution >= 0.6 is 23.3 Å². The van der Waals surface area contributed by atoms with E-state index in [1.54, 1.807) is 18.6 Å². The maximum atomic E-state index is 5.98. The molecule has 2 heterocycles. The van der Waals surface area contributed by atoms with E-state index in [0.29, 0.717) is 11.4 Å². The molecule has 0 amide bonds. The third-order valence-corrected chi connectivity index (χ3v) is 2.89. The molecule has 0 radical (unpaired) electrons. The molecule has 0 bridgehead atoms. The summed E-state index contributed by atoms with van der Waals surface area (Å²) in [5, 5.41) is 0.635. The number of nitrogens with zero attached hydrogens (tertiary/aromatic N) is 3. The fourth-order valence-corrected chi connectivity index (χ4v) is 1.92. The zero-order valence-electron chi connectivity index (χ0n) is 7.80. The number of aromatic nitrogens is 3. The van der Waals surface area contributed by atoms with E-state index >= 15 is 0 Å². The quantitative estimate of drug-likeness (QED) is 0.889. The number of nitrogens with two attached hydrogens (primary N) is 1. The Morgan fingerprint density at radius 1 is 1.47 bits per heavy atom. The lowest BCUT2D eigenvalue weighted by molar-refractivity contribution is 0.704. The van der Waals surface area contributed by atoms with Gasteiger partial charge in [-0.2, -0.15) is 8.75 Å². The SMILES string of the molecule is NC(Cc1ccncc1Cl)c1cnsn1. The summed E-state index contributed by atoms with van der Waals surface area (Å²) in [5.74, 6) is 0. The summed E-state index contributed by atoms with van der Waals surface area (Å²) >= 11 is 7.14. The van der Waals surface area contributed by atoms with E-state index in [9.17, 15) is 0 Å². The van der Waals surface area contributed by atoms with Crippen molar-refractivity contribution in [3.05, 3.63) is 40.9 Å². The van der Waals surface area contributed by atoms with Crippen molar-refractivity contribution in [2.24, 2.45) is 5.73 Å². The molecule has 1 unspecified atom stereocenters. The Balaban J connectivity index is 2.13. The first-order valence-electron chi connectivity index (χ1n) is 4.39. The maximum absolute atomic E-state index is 5.98. The summed E-state index contributed by atoms with van der Waals surface area (Å²) in [6, 6.07) is 1.70. The zero-order chi connectivity index (χ0) is 10.7. The average molecular weight is 241 g/mol. The standard InChI is InChI=1S/C9H9ClN4S/c10-7-4-12-2-1-6(7)3-8(11)9-5-13-15-14-9/h1-2,4-5,8H,3,11H2. The van der Waals surface area contributed by atoms with Crippen LogP contribution < -0.4 is 5.73 Å². The van der Waals surface area contributed by atoms with Gasteiger partial charge in [0.2, 0.25) is 0 Å². The molecule has 1 atom stereocenters. The Labute approximate surface area is 96.4 Å². The molecule has 0 spiro atoms. The fraction of sp³-hybridized carbons (Fsp3) is 0.222. The van der Waals surface area contributed by atoms with Crippen molar-refractivity contribution >= 4 is 23.3 Å². The van der Waals surface area contributed by atoms with Crippen LogP contribution in [0.4, 0.5) is 0 Å². The second-order valence-corrected chi connectivity index (χ2v) is 4.07. The highest BCUT2D eigenvalue weighted by Gasteiger charge is 2.11. The molecule has 0 fully saturated rings. The summed E-state index contributed by atoms with van der Waals surface area (Å²) in [6.07, 6.45) is 5.65. The van der Waals surface area contributed by atoms with Crippen LogP contribution in [-0.2, 0) is 6.42 Å². The van der Waals surface area contributed by atoms with Gasteiger partial charge in [0.1, 0.15) is 0 Å². The van der Waals surface area contributed by atoms with Crippen molar-refractivity contribution in [1.29, 1.82) is 0 Å². The minimum atomic E-state index is -0.163. The van der Waals surface area contributed by atoms with Gasteiger partial charge in [0, 0.05) is 12.4 Å². The molecule has 2 N–H and O–H groups in total. The third kappa shape index (κ3) is 2.50. The molecule has 0 saturated heterocycles. The van der Waals surface area contributed by atoms with E-state index in [0.717, 1.165) is 23.0 Å². The molecule has 0 aliphatic heterocycles. The van der Waals surface area contributed by atoms with Gasteiger partial charge in [0.25, 0.3) is 0 Å². The van der Waals surface area contributed by atoms with Gasteiger partial charge in [-0.15, -0.1) is 0 Å². The molecule has 6 heteroatoms. The first kappa shape index (κ1) is 10.5. The van der Waals surface area contributed by atoms with Crippen molar-refractivity contribution < 1.29 is 0 Å². The van der Waals surface area contributed by atoms with E-state index in [4.69, 9.17) is 17.3 Å². The number of rotatable bonds is 3. The topological polar surface area (TPSA) is 64.7 Å². The number of halogens is 1. The van der Waals surface area contributed by atoms with E-state index in [1.807, 2.05) is 6.07 Å². The number of hydrogen-bond acceptors (Lipinski definition) is 5. The van der Waals surface area contributed by atoms with Gasteiger partial charge in [0.05, 0.1) is 34.7 Å². The monoisotopic (exact) mass is 240 g/mol. The zero-order valence-corrected chi connectivity index (χ0v) is 9.37. The predicted octanol–water partition coefficient (Wildman–Crippen LogP) is 1.83. The summed E-state index contributed by atoms with van der Waals surface area (Å²) in [6.45, 7) is 0. The molecule has 0 saturated carbocycles. The maximum Gasteiger partial charge on any atom is 0.0913 e. The average Bonchev–Trinajstić information content (AvgIpc) is 2.74. The number of pyridine rings is 1. The van der Waals surface area contributed by atoms with Gasteiger partial charge in [-0.3, -0.25) is 4.98 Å². The highest BCUT2D eigenvalue weighted by atomic mass is 35.5. The lowest BCUT2D eigenvalue weighted by atomic mass is 10.1. The minimum Gasteiger partial charge on any atom is -0.322 e. The van der Waals surface area contributed by atoms with Gasteiger partial charge in [-0.05, 0) is 18.1 Å². The molecule has 0 aliphatic carbocycles. The van der Waals surface area contributed by atoms with Crippen LogP contribution in [0.2, 0.25) is 5.02 Å². The molecular weight excluding hydrogens is 232 g/mol. The number of hydrogen-bond donors (Lipinski definition) is 1. The second-order valence-electron chi connectivity index (χ2n) is 3.11. The Morgan fingerprint density at radius 2 is 2.33 bits per heavy atom. The van der Waals surface area contributed by atoms with Crippen molar-refractivity contribution in [2.75, 3.05) is 0 Å². The molecule has 15 heavy (non-hydrogen) atoms. The van der Waals surface area contributed by atoms with Crippen LogP contribution in [0.3, 0.4) is 0 Å². The summed E-state index contributed by atoms with van der Waals surface area (Å²) in [5.41, 5.74) is 7.74. The molecule has 0 aliphatic rings. The first-order valence-corrected chi connectivity index (χ1v) is 5.49. The fourth-order valence-electron chi connectivity index (χ4n) is 1.25. The van der Waals surface area contributed by atoms with Gasteiger partial charge < -0.3 is 5.73 Å². The first-order chi connectivity index (χ1) is 7.27. The Hall–Kier alpha value is -1.04. The third-order valence-electron chi connectivity index (χ3n) is 2.05. The van der Waals surface area contributed by atoms with Crippen LogP contribution in [0, 0.1) is 0 Å². The molecule has 78 valence electrons. The van der Waals surface area contributed by atoms with Gasteiger partial charge in [-0.1, -0.05) is 11.6 Å². The van der Waals surface area contributed by atoms with E-state index in [2.05, 4.69) is 13.7 Å². The normalized spacial score (nSPS) is 12.7. The molecular formula is C9H9ClN4S. The van der Waals surface area contributed by atoms with Crippen molar-refractivity contribution in [3.8, 4) is 0 Å². The Kier molecular flexibility index (Phi) is 3.25. The van der Waals surface area contributed by atoms with Crippen molar-refractivity contribution in [3.63, 3.8) is 0 Å². The molecule has 0 aromatic carbocycles. The lowest BCUT2D eigenvalue weighted by Gasteiger charge is -2.08. The van der Waals surface area contributed by atoms with Crippen LogP contribution in [0.5, 0.6) is 0 Å². The smallest absolute Gasteiger partial charge is 0.0913 e. The van der Waals surface area contributed by atoms with Crippen LogP contribution in [-0.4, -0.2) is 13.7 Å². The second kappa shape index (κ2) is 4.65. The highest BCUT2D eigenvalue weighted by Crippen LogP contribution is 2.20. The molecule has 4 nitrogen and oxygen atoms in total. The van der Waals surface area contributed by atoms with Gasteiger partial charge in [-0.25, -0.2) is 0 Å². The van der Waals surface area contributed by atoms with E-state index in [-0.39, 0.29) is 6.04 Å². The largest absolute Gasteiger partial charge is 0.322 e. The highest BCUT2D eigenvalue weighted by molar-refractivity contribution is 6.99. The summed E-state index contributed by atoms with van der Waals surface area (Å²) in [7, 11) is 0. The molecule has 2 aromatic heterocycles. The van der Waals surface area contributed by atoms with Crippen molar-refractivity contribution in [1.82, 2.24) is 13.7 Å². The summed E-state index contributed by atoms with van der Waals surface area (Å²) < 4.78 is 8.00. The minimum absolute atomic E-state index is 0.163. The Bertz CT molecular complexity index is 431. The summed E-state index contributed by atoms with van der Waals surface area (Å²) in [4.78, 5) is 3.92. The van der Waals surface area contributed by atoms with Crippen molar-refractivity contribution in [2.45, 2.75) is 12.5 Å².